The molecule has 8 heteroatoms. The first kappa shape index (κ1) is 19.5. The molecule has 6 nitrogen and oxygen atoms in total. The van der Waals surface area contributed by atoms with Gasteiger partial charge in [0.05, 0.1) is 21.3 Å². The highest BCUT2D eigenvalue weighted by Gasteiger charge is 2.24. The zero-order chi connectivity index (χ0) is 19.6. The molecule has 2 N–H and O–H groups in total. The zero-order valence-electron chi connectivity index (χ0n) is 15.0. The molecular weight excluding hydrogens is 384 g/mol. The van der Waals surface area contributed by atoms with Crippen molar-refractivity contribution in [1.82, 2.24) is 5.16 Å². The van der Waals surface area contributed by atoms with Crippen molar-refractivity contribution in [2.75, 3.05) is 5.75 Å². The summed E-state index contributed by atoms with van der Waals surface area (Å²) in [5.74, 6) is 0.653. The minimum Gasteiger partial charge on any atom is -0.346 e. The SMILES string of the molecule is CC(C)CS(=O)c1onc(-c2ccccc2)c1-c1ccc(S(N)(=O)=O)cc1. The minimum absolute atomic E-state index is 0.00816. The number of rotatable bonds is 6. The van der Waals surface area contributed by atoms with E-state index in [9.17, 15) is 12.6 Å². The molecule has 0 aliphatic carbocycles. The molecule has 0 fully saturated rings. The third-order valence-electron chi connectivity index (χ3n) is 3.87. The van der Waals surface area contributed by atoms with Gasteiger partial charge in [-0.05, 0) is 23.6 Å². The molecule has 0 bridgehead atoms. The summed E-state index contributed by atoms with van der Waals surface area (Å²) in [4.78, 5) is 0.00816. The van der Waals surface area contributed by atoms with Crippen molar-refractivity contribution < 1.29 is 17.1 Å². The Morgan fingerprint density at radius 2 is 1.67 bits per heavy atom. The largest absolute Gasteiger partial charge is 0.346 e. The summed E-state index contributed by atoms with van der Waals surface area (Å²) >= 11 is 0. The van der Waals surface area contributed by atoms with Gasteiger partial charge in [-0.2, -0.15) is 0 Å². The fraction of sp³-hybridized carbons (Fsp3) is 0.211. The molecular formula is C19H20N2O4S2. The number of nitrogens with two attached hydrogens (primary N) is 1. The van der Waals surface area contributed by atoms with Crippen LogP contribution in [0.3, 0.4) is 0 Å². The molecule has 0 spiro atoms. The van der Waals surface area contributed by atoms with Gasteiger partial charge in [0, 0.05) is 11.3 Å². The van der Waals surface area contributed by atoms with Crippen molar-refractivity contribution >= 4 is 20.8 Å². The van der Waals surface area contributed by atoms with Gasteiger partial charge in [-0.25, -0.2) is 13.6 Å². The molecule has 0 saturated heterocycles. The molecule has 27 heavy (non-hydrogen) atoms. The van der Waals surface area contributed by atoms with Gasteiger partial charge >= 0.3 is 0 Å². The van der Waals surface area contributed by atoms with Crippen LogP contribution in [0.1, 0.15) is 13.8 Å². The van der Waals surface area contributed by atoms with E-state index in [1.54, 1.807) is 12.1 Å². The van der Waals surface area contributed by atoms with E-state index >= 15 is 0 Å². The average molecular weight is 405 g/mol. The summed E-state index contributed by atoms with van der Waals surface area (Å²) < 4.78 is 41.3. The minimum atomic E-state index is -3.79. The number of hydrogen-bond donors (Lipinski definition) is 1. The molecule has 142 valence electrons. The van der Waals surface area contributed by atoms with Crippen molar-refractivity contribution in [1.29, 1.82) is 0 Å². The van der Waals surface area contributed by atoms with Crippen molar-refractivity contribution in [2.24, 2.45) is 11.1 Å². The maximum absolute atomic E-state index is 12.8. The second kappa shape index (κ2) is 7.75. The van der Waals surface area contributed by atoms with Crippen LogP contribution in [0.2, 0.25) is 0 Å². The molecule has 3 rings (SSSR count). The van der Waals surface area contributed by atoms with Crippen LogP contribution in [-0.2, 0) is 20.8 Å². The molecule has 1 unspecified atom stereocenters. The maximum atomic E-state index is 12.8. The van der Waals surface area contributed by atoms with Crippen LogP contribution in [0.5, 0.6) is 0 Å². The van der Waals surface area contributed by atoms with E-state index in [4.69, 9.17) is 9.66 Å². The maximum Gasteiger partial charge on any atom is 0.238 e. The molecule has 0 amide bonds. The quantitative estimate of drug-likeness (QED) is 0.678. The lowest BCUT2D eigenvalue weighted by Crippen LogP contribution is -2.11. The molecule has 2 aromatic carbocycles. The molecule has 0 radical (unpaired) electrons. The van der Waals surface area contributed by atoms with Crippen LogP contribution < -0.4 is 5.14 Å². The Labute approximate surface area is 160 Å². The number of benzene rings is 2. The zero-order valence-corrected chi connectivity index (χ0v) is 16.6. The second-order valence-electron chi connectivity index (χ2n) is 6.54. The van der Waals surface area contributed by atoms with Crippen LogP contribution in [-0.4, -0.2) is 23.5 Å². The first-order chi connectivity index (χ1) is 12.8. The van der Waals surface area contributed by atoms with Crippen molar-refractivity contribution in [2.45, 2.75) is 23.8 Å². The van der Waals surface area contributed by atoms with Crippen LogP contribution >= 0.6 is 0 Å². The topological polar surface area (TPSA) is 103 Å². The molecule has 0 aliphatic heterocycles. The fourth-order valence-corrected chi connectivity index (χ4v) is 4.50. The Hall–Kier alpha value is -2.29. The van der Waals surface area contributed by atoms with Crippen LogP contribution in [0.15, 0.2) is 69.1 Å². The monoisotopic (exact) mass is 404 g/mol. The Bertz CT molecular complexity index is 1060. The van der Waals surface area contributed by atoms with E-state index in [-0.39, 0.29) is 15.9 Å². The summed E-state index contributed by atoms with van der Waals surface area (Å²) in [5.41, 5.74) is 2.64. The standard InChI is InChI=1S/C19H20N2O4S2/c1-13(2)12-26(22)19-17(14-8-10-16(11-9-14)27(20,23)24)18(21-25-19)15-6-4-3-5-7-15/h3-11,13H,12H2,1-2H3,(H2,20,23,24). The van der Waals surface area contributed by atoms with Gasteiger partial charge in [-0.15, -0.1) is 0 Å². The van der Waals surface area contributed by atoms with Gasteiger partial charge in [0.15, 0.2) is 0 Å². The normalized spacial score (nSPS) is 13.0. The highest BCUT2D eigenvalue weighted by atomic mass is 32.2. The van der Waals surface area contributed by atoms with Crippen LogP contribution in [0.25, 0.3) is 22.4 Å². The van der Waals surface area contributed by atoms with Gasteiger partial charge in [-0.1, -0.05) is 61.5 Å². The Morgan fingerprint density at radius 1 is 1.04 bits per heavy atom. The lowest BCUT2D eigenvalue weighted by molar-refractivity contribution is 0.347. The smallest absolute Gasteiger partial charge is 0.238 e. The summed E-state index contributed by atoms with van der Waals surface area (Å²) in [6.45, 7) is 3.96. The van der Waals surface area contributed by atoms with Gasteiger partial charge in [0.1, 0.15) is 5.69 Å². The first-order valence-electron chi connectivity index (χ1n) is 8.34. The van der Waals surface area contributed by atoms with Crippen molar-refractivity contribution in [3.63, 3.8) is 0 Å². The third-order valence-corrected chi connectivity index (χ3v) is 6.46. The van der Waals surface area contributed by atoms with Gasteiger partial charge < -0.3 is 4.52 Å². The van der Waals surface area contributed by atoms with Gasteiger partial charge in [0.2, 0.25) is 15.1 Å². The van der Waals surface area contributed by atoms with Gasteiger partial charge in [-0.3, -0.25) is 4.21 Å². The van der Waals surface area contributed by atoms with E-state index in [0.29, 0.717) is 22.6 Å². The van der Waals surface area contributed by atoms with E-state index in [0.717, 1.165) is 5.56 Å². The molecule has 1 heterocycles. The third kappa shape index (κ3) is 4.35. The van der Waals surface area contributed by atoms with E-state index in [1.807, 2.05) is 44.2 Å². The Morgan fingerprint density at radius 3 is 2.22 bits per heavy atom. The van der Waals surface area contributed by atoms with Crippen molar-refractivity contribution in [3.05, 3.63) is 54.6 Å². The fourth-order valence-electron chi connectivity index (χ4n) is 2.67. The molecule has 0 aliphatic rings. The summed E-state index contributed by atoms with van der Waals surface area (Å²) in [5, 5.41) is 9.61. The number of hydrogen-bond acceptors (Lipinski definition) is 5. The van der Waals surface area contributed by atoms with E-state index < -0.39 is 20.8 Å². The number of aromatic nitrogens is 1. The van der Waals surface area contributed by atoms with Crippen LogP contribution in [0, 0.1) is 5.92 Å². The summed E-state index contributed by atoms with van der Waals surface area (Å²) in [7, 11) is -5.17. The summed E-state index contributed by atoms with van der Waals surface area (Å²) in [6.07, 6.45) is 0. The van der Waals surface area contributed by atoms with Crippen molar-refractivity contribution in [3.8, 4) is 22.4 Å². The summed E-state index contributed by atoms with van der Waals surface area (Å²) in [6, 6.07) is 15.5. The highest BCUT2D eigenvalue weighted by Crippen LogP contribution is 2.37. The second-order valence-corrected chi connectivity index (χ2v) is 9.49. The Kier molecular flexibility index (Phi) is 5.59. The number of nitrogens with zero attached hydrogens (tertiary/aromatic N) is 1. The van der Waals surface area contributed by atoms with E-state index in [1.165, 1.54) is 12.1 Å². The van der Waals surface area contributed by atoms with Gasteiger partial charge in [0.25, 0.3) is 0 Å². The first-order valence-corrected chi connectivity index (χ1v) is 11.2. The molecule has 1 atom stereocenters. The predicted molar refractivity (Wildman–Crippen MR) is 105 cm³/mol. The van der Waals surface area contributed by atoms with E-state index in [2.05, 4.69) is 5.16 Å². The molecule has 0 saturated carbocycles. The van der Waals surface area contributed by atoms with Crippen LogP contribution in [0.4, 0.5) is 0 Å². The number of primary sulfonamides is 1. The number of sulfonamides is 1. The average Bonchev–Trinajstić information content (AvgIpc) is 3.06. The molecule has 3 aromatic rings. The lowest BCUT2D eigenvalue weighted by Gasteiger charge is -2.07. The lowest BCUT2D eigenvalue weighted by atomic mass is 10.0. The Balaban J connectivity index is 2.16. The predicted octanol–water partition coefficient (Wildman–Crippen LogP) is 3.42. The highest BCUT2D eigenvalue weighted by molar-refractivity contribution is 7.89. The molecule has 1 aromatic heterocycles.